The largest absolute Gasteiger partial charge is 0.497 e. The van der Waals surface area contributed by atoms with Gasteiger partial charge in [0.25, 0.3) is 0 Å². The molecule has 0 spiro atoms. The smallest absolute Gasteiger partial charge is 0.191 e. The van der Waals surface area contributed by atoms with Gasteiger partial charge in [-0.2, -0.15) is 0 Å². The zero-order valence-corrected chi connectivity index (χ0v) is 19.5. The fraction of sp³-hybridized carbons (Fsp3) is 0.474. The Balaban J connectivity index is 0.00000364. The molecule has 0 aliphatic heterocycles. The summed E-state index contributed by atoms with van der Waals surface area (Å²) in [7, 11) is 3.42. The van der Waals surface area contributed by atoms with Crippen LogP contribution in [0.5, 0.6) is 11.5 Å². The van der Waals surface area contributed by atoms with Gasteiger partial charge in [-0.15, -0.1) is 35.3 Å². The van der Waals surface area contributed by atoms with Crippen LogP contribution >= 0.6 is 35.3 Å². The number of halogens is 1. The Labute approximate surface area is 182 Å². The second kappa shape index (κ2) is 12.8. The summed E-state index contributed by atoms with van der Waals surface area (Å²) in [5, 5.41) is 7.73. The van der Waals surface area contributed by atoms with Gasteiger partial charge in [0.15, 0.2) is 5.96 Å². The molecule has 0 radical (unpaired) electrons. The van der Waals surface area contributed by atoms with Crippen molar-refractivity contribution in [1.29, 1.82) is 0 Å². The lowest BCUT2D eigenvalue weighted by molar-refractivity contribution is 0.321. The number of nitrogens with one attached hydrogen (secondary N) is 2. The Morgan fingerprint density at radius 2 is 1.81 bits per heavy atom. The van der Waals surface area contributed by atoms with Crippen LogP contribution in [0.3, 0.4) is 0 Å². The van der Waals surface area contributed by atoms with Gasteiger partial charge in [-0.3, -0.25) is 4.99 Å². The third-order valence-electron chi connectivity index (χ3n) is 3.85. The standard InChI is InChI=1S/C19H28N4O2S.HI/c1-5-17-14(2)26-18(23-17)10-11-21-19(20-3)22-12-13-25-16-8-6-15(24-4)7-9-16;/h6-9H,5,10-13H2,1-4H3,(H2,20,21,22);1H. The molecule has 0 amide bonds. The zero-order valence-electron chi connectivity index (χ0n) is 16.4. The number of hydrogen-bond acceptors (Lipinski definition) is 5. The molecule has 0 aliphatic rings. The molecule has 2 rings (SSSR count). The van der Waals surface area contributed by atoms with Gasteiger partial charge in [0.1, 0.15) is 18.1 Å². The molecule has 0 unspecified atom stereocenters. The number of thiazole rings is 1. The molecule has 0 aliphatic carbocycles. The number of benzene rings is 1. The zero-order chi connectivity index (χ0) is 18.8. The molecule has 2 N–H and O–H groups in total. The van der Waals surface area contributed by atoms with E-state index in [0.29, 0.717) is 13.2 Å². The van der Waals surface area contributed by atoms with Crippen molar-refractivity contribution in [1.82, 2.24) is 15.6 Å². The maximum atomic E-state index is 5.69. The number of methoxy groups -OCH3 is 1. The average molecular weight is 504 g/mol. The van der Waals surface area contributed by atoms with Crippen LogP contribution in [0.2, 0.25) is 0 Å². The molecule has 6 nitrogen and oxygen atoms in total. The molecule has 1 aromatic heterocycles. The first-order valence-corrected chi connectivity index (χ1v) is 9.64. The summed E-state index contributed by atoms with van der Waals surface area (Å²) in [6.45, 7) is 6.30. The molecule has 0 atom stereocenters. The normalized spacial score (nSPS) is 10.9. The Kier molecular flexibility index (Phi) is 11.1. The van der Waals surface area contributed by atoms with Gasteiger partial charge in [0, 0.05) is 24.9 Å². The maximum Gasteiger partial charge on any atom is 0.191 e. The minimum atomic E-state index is 0. The fourth-order valence-electron chi connectivity index (χ4n) is 2.44. The van der Waals surface area contributed by atoms with E-state index in [1.165, 1.54) is 15.6 Å². The molecule has 1 heterocycles. The molecule has 0 bridgehead atoms. The van der Waals surface area contributed by atoms with E-state index in [-0.39, 0.29) is 24.0 Å². The molecule has 27 heavy (non-hydrogen) atoms. The van der Waals surface area contributed by atoms with Crippen LogP contribution in [0, 0.1) is 6.92 Å². The molecular weight excluding hydrogens is 475 g/mol. The van der Waals surface area contributed by atoms with Crippen LogP contribution in [0.1, 0.15) is 22.5 Å². The topological polar surface area (TPSA) is 67.8 Å². The quantitative estimate of drug-likeness (QED) is 0.237. The number of guanidine groups is 1. The summed E-state index contributed by atoms with van der Waals surface area (Å²) in [6.07, 6.45) is 1.89. The van der Waals surface area contributed by atoms with E-state index in [9.17, 15) is 0 Å². The van der Waals surface area contributed by atoms with Gasteiger partial charge in [-0.25, -0.2) is 4.98 Å². The predicted octanol–water partition coefficient (Wildman–Crippen LogP) is 3.43. The Bertz CT molecular complexity index is 704. The molecule has 1 aromatic carbocycles. The number of aliphatic imine (C=N–C) groups is 1. The van der Waals surface area contributed by atoms with E-state index in [1.807, 2.05) is 24.3 Å². The van der Waals surface area contributed by atoms with Gasteiger partial charge in [0.2, 0.25) is 0 Å². The van der Waals surface area contributed by atoms with Crippen LogP contribution in [0.25, 0.3) is 0 Å². The van der Waals surface area contributed by atoms with Crippen LogP contribution < -0.4 is 20.1 Å². The number of aromatic nitrogens is 1. The van der Waals surface area contributed by atoms with Crippen molar-refractivity contribution in [3.05, 3.63) is 39.8 Å². The van der Waals surface area contributed by atoms with Gasteiger partial charge in [-0.05, 0) is 37.6 Å². The van der Waals surface area contributed by atoms with Crippen molar-refractivity contribution >= 4 is 41.3 Å². The summed E-state index contributed by atoms with van der Waals surface area (Å²) >= 11 is 1.78. The fourth-order valence-corrected chi connectivity index (χ4v) is 3.46. The van der Waals surface area contributed by atoms with Crippen LogP contribution in [0.15, 0.2) is 29.3 Å². The second-order valence-electron chi connectivity index (χ2n) is 5.66. The Morgan fingerprint density at radius 1 is 1.15 bits per heavy atom. The van der Waals surface area contributed by atoms with E-state index in [4.69, 9.17) is 9.47 Å². The minimum Gasteiger partial charge on any atom is -0.497 e. The molecule has 0 saturated heterocycles. The van der Waals surface area contributed by atoms with E-state index in [1.54, 1.807) is 25.5 Å². The third-order valence-corrected chi connectivity index (χ3v) is 4.92. The highest BCUT2D eigenvalue weighted by molar-refractivity contribution is 14.0. The number of aryl methyl sites for hydroxylation is 2. The summed E-state index contributed by atoms with van der Waals surface area (Å²) in [5.74, 6) is 2.41. The van der Waals surface area contributed by atoms with Crippen molar-refractivity contribution in [2.45, 2.75) is 26.7 Å². The lowest BCUT2D eigenvalue weighted by Crippen LogP contribution is -2.40. The van der Waals surface area contributed by atoms with E-state index < -0.39 is 0 Å². The number of hydrogen-bond donors (Lipinski definition) is 2. The van der Waals surface area contributed by atoms with Crippen molar-refractivity contribution < 1.29 is 9.47 Å². The summed E-state index contributed by atoms with van der Waals surface area (Å²) in [5.41, 5.74) is 1.21. The van der Waals surface area contributed by atoms with Gasteiger partial charge < -0.3 is 20.1 Å². The van der Waals surface area contributed by atoms with Crippen LogP contribution in [-0.4, -0.2) is 44.8 Å². The van der Waals surface area contributed by atoms with Gasteiger partial charge in [-0.1, -0.05) is 6.92 Å². The highest BCUT2D eigenvalue weighted by atomic mass is 127. The molecule has 2 aromatic rings. The first kappa shape index (κ1) is 23.5. The highest BCUT2D eigenvalue weighted by Crippen LogP contribution is 2.18. The third kappa shape index (κ3) is 7.92. The molecule has 150 valence electrons. The van der Waals surface area contributed by atoms with E-state index in [0.717, 1.165) is 36.8 Å². The highest BCUT2D eigenvalue weighted by Gasteiger charge is 2.06. The lowest BCUT2D eigenvalue weighted by atomic mass is 10.3. The number of rotatable bonds is 9. The van der Waals surface area contributed by atoms with Crippen LogP contribution in [-0.2, 0) is 12.8 Å². The number of ether oxygens (including phenoxy) is 2. The van der Waals surface area contributed by atoms with Gasteiger partial charge in [0.05, 0.1) is 24.4 Å². The average Bonchev–Trinajstić information content (AvgIpc) is 3.03. The first-order valence-electron chi connectivity index (χ1n) is 8.82. The van der Waals surface area contributed by atoms with Crippen molar-refractivity contribution in [3.63, 3.8) is 0 Å². The van der Waals surface area contributed by atoms with E-state index >= 15 is 0 Å². The predicted molar refractivity (Wildman–Crippen MR) is 123 cm³/mol. The van der Waals surface area contributed by atoms with Gasteiger partial charge >= 0.3 is 0 Å². The molecule has 8 heteroatoms. The molecule has 0 fully saturated rings. The molecule has 0 saturated carbocycles. The summed E-state index contributed by atoms with van der Waals surface area (Å²) in [6, 6.07) is 7.56. The first-order chi connectivity index (χ1) is 12.7. The maximum absolute atomic E-state index is 5.69. The Hall–Kier alpha value is -1.55. The molecular formula is C19H29IN4O2S. The summed E-state index contributed by atoms with van der Waals surface area (Å²) in [4.78, 5) is 10.2. The summed E-state index contributed by atoms with van der Waals surface area (Å²) < 4.78 is 10.8. The monoisotopic (exact) mass is 504 g/mol. The minimum absolute atomic E-state index is 0. The van der Waals surface area contributed by atoms with Crippen LogP contribution in [0.4, 0.5) is 0 Å². The van der Waals surface area contributed by atoms with Crippen molar-refractivity contribution in [2.75, 3.05) is 33.9 Å². The van der Waals surface area contributed by atoms with Crippen molar-refractivity contribution in [2.24, 2.45) is 4.99 Å². The lowest BCUT2D eigenvalue weighted by Gasteiger charge is -2.12. The number of nitrogens with zero attached hydrogens (tertiary/aromatic N) is 2. The SMILES string of the molecule is CCc1nc(CCNC(=NC)NCCOc2ccc(OC)cc2)sc1C.I. The van der Waals surface area contributed by atoms with E-state index in [2.05, 4.69) is 34.5 Å². The Morgan fingerprint density at radius 3 is 2.41 bits per heavy atom. The second-order valence-corrected chi connectivity index (χ2v) is 6.95. The van der Waals surface area contributed by atoms with Crippen molar-refractivity contribution in [3.8, 4) is 11.5 Å².